The first-order valence-corrected chi connectivity index (χ1v) is 4.68. The third-order valence-electron chi connectivity index (χ3n) is 1.50. The van der Waals surface area contributed by atoms with Crippen LogP contribution in [0.2, 0.25) is 0 Å². The molecule has 0 bridgehead atoms. The number of nitrogens with two attached hydrogens (primary N) is 1. The maximum atomic E-state index is 12.4. The van der Waals surface area contributed by atoms with E-state index in [1.807, 2.05) is 0 Å². The summed E-state index contributed by atoms with van der Waals surface area (Å²) in [6.45, 7) is 0. The molecule has 72 valence electrons. The molecule has 0 aliphatic heterocycles. The van der Waals surface area contributed by atoms with Gasteiger partial charge in [0.25, 0.3) is 6.43 Å². The van der Waals surface area contributed by atoms with Crippen LogP contribution in [0.4, 0.5) is 14.5 Å². The van der Waals surface area contributed by atoms with Crippen molar-refractivity contribution in [3.8, 4) is 0 Å². The fourth-order valence-electron chi connectivity index (χ4n) is 0.904. The molecule has 2 N–H and O–H groups in total. The lowest BCUT2D eigenvalue weighted by Crippen LogP contribution is -2.02. The summed E-state index contributed by atoms with van der Waals surface area (Å²) < 4.78 is 25.0. The third-order valence-corrected chi connectivity index (χ3v) is 2.17. The van der Waals surface area contributed by atoms with Gasteiger partial charge >= 0.3 is 0 Å². The maximum absolute atomic E-state index is 12.4. The second kappa shape index (κ2) is 4.19. The molecule has 0 radical (unpaired) electrons. The van der Waals surface area contributed by atoms with Crippen LogP contribution in [0, 0.1) is 0 Å². The predicted octanol–water partition coefficient (Wildman–Crippen LogP) is 3.10. The van der Waals surface area contributed by atoms with E-state index in [9.17, 15) is 8.78 Å². The first kappa shape index (κ1) is 10.7. The Kier molecular flexibility index (Phi) is 3.44. The van der Waals surface area contributed by atoms with Gasteiger partial charge < -0.3 is 5.73 Å². The van der Waals surface area contributed by atoms with Crippen molar-refractivity contribution in [1.82, 2.24) is 4.98 Å². The molecule has 1 aromatic heterocycles. The van der Waals surface area contributed by atoms with Gasteiger partial charge in [-0.25, -0.2) is 13.8 Å². The summed E-state index contributed by atoms with van der Waals surface area (Å²) in [4.78, 5) is 3.61. The van der Waals surface area contributed by atoms with Crippen molar-refractivity contribution in [2.45, 2.75) is 12.3 Å². The Morgan fingerprint density at radius 3 is 2.69 bits per heavy atom. The van der Waals surface area contributed by atoms with E-state index in [1.165, 1.54) is 6.07 Å². The summed E-state index contributed by atoms with van der Waals surface area (Å²) in [6.07, 6.45) is -2.66. The number of aromatic nitrogens is 1. The lowest BCUT2D eigenvalue weighted by Gasteiger charge is -2.08. The van der Waals surface area contributed by atoms with Crippen LogP contribution in [0.15, 0.2) is 10.7 Å². The molecule has 1 heterocycles. The van der Waals surface area contributed by atoms with Crippen molar-refractivity contribution < 1.29 is 8.78 Å². The van der Waals surface area contributed by atoms with Crippen LogP contribution in [-0.4, -0.2) is 4.98 Å². The minimum atomic E-state index is -2.66. The monoisotopic (exact) mass is 270 g/mol. The summed E-state index contributed by atoms with van der Waals surface area (Å²) in [6, 6.07) is 1.45. The Labute approximate surface area is 87.2 Å². The Morgan fingerprint density at radius 2 is 2.23 bits per heavy atom. The van der Waals surface area contributed by atoms with Gasteiger partial charge in [0, 0.05) is 11.3 Å². The Hall–Kier alpha value is -0.420. The second-order valence-electron chi connectivity index (χ2n) is 2.33. The largest absolute Gasteiger partial charge is 0.398 e. The Balaban J connectivity index is 3.29. The van der Waals surface area contributed by atoms with Crippen LogP contribution in [0.25, 0.3) is 0 Å². The van der Waals surface area contributed by atoms with Crippen molar-refractivity contribution in [1.29, 1.82) is 0 Å². The van der Waals surface area contributed by atoms with E-state index < -0.39 is 6.43 Å². The van der Waals surface area contributed by atoms with Crippen LogP contribution in [0.5, 0.6) is 0 Å². The highest BCUT2D eigenvalue weighted by molar-refractivity contribution is 9.10. The van der Waals surface area contributed by atoms with Gasteiger partial charge in [-0.1, -0.05) is 0 Å². The molecular formula is C7H6BrClF2N2. The predicted molar refractivity (Wildman–Crippen MR) is 50.9 cm³/mol. The highest BCUT2D eigenvalue weighted by Gasteiger charge is 2.17. The molecule has 2 nitrogen and oxygen atoms in total. The normalized spacial score (nSPS) is 10.8. The minimum absolute atomic E-state index is 0.0637. The molecule has 0 saturated carbocycles. The van der Waals surface area contributed by atoms with Crippen molar-refractivity contribution in [2.75, 3.05) is 5.73 Å². The van der Waals surface area contributed by atoms with Crippen LogP contribution >= 0.6 is 27.5 Å². The van der Waals surface area contributed by atoms with Crippen LogP contribution < -0.4 is 5.73 Å². The second-order valence-corrected chi connectivity index (χ2v) is 3.41. The molecule has 0 aliphatic rings. The van der Waals surface area contributed by atoms with Crippen LogP contribution in [-0.2, 0) is 5.88 Å². The molecule has 0 unspecified atom stereocenters. The van der Waals surface area contributed by atoms with Crippen molar-refractivity contribution in [3.63, 3.8) is 0 Å². The molecule has 0 atom stereocenters. The number of nitrogens with zero attached hydrogens (tertiary/aromatic N) is 1. The van der Waals surface area contributed by atoms with E-state index in [2.05, 4.69) is 20.9 Å². The molecule has 13 heavy (non-hydrogen) atoms. The fourth-order valence-corrected chi connectivity index (χ4v) is 1.63. The van der Waals surface area contributed by atoms with E-state index in [0.717, 1.165) is 0 Å². The molecule has 1 aromatic rings. The molecule has 0 fully saturated rings. The van der Waals surface area contributed by atoms with Gasteiger partial charge in [-0.2, -0.15) is 0 Å². The molecule has 0 amide bonds. The van der Waals surface area contributed by atoms with Gasteiger partial charge in [0.15, 0.2) is 0 Å². The van der Waals surface area contributed by atoms with Crippen LogP contribution in [0.3, 0.4) is 0 Å². The van der Waals surface area contributed by atoms with Gasteiger partial charge in [0.05, 0.1) is 5.88 Å². The smallest absolute Gasteiger partial charge is 0.280 e. The van der Waals surface area contributed by atoms with Gasteiger partial charge in [-0.15, -0.1) is 11.6 Å². The highest BCUT2D eigenvalue weighted by Crippen LogP contribution is 2.28. The third kappa shape index (κ3) is 2.28. The number of nitrogen functional groups attached to an aromatic ring is 1. The van der Waals surface area contributed by atoms with E-state index in [4.69, 9.17) is 17.3 Å². The number of alkyl halides is 3. The van der Waals surface area contributed by atoms with Crippen LogP contribution in [0.1, 0.15) is 17.7 Å². The van der Waals surface area contributed by atoms with Crippen molar-refractivity contribution in [2.24, 2.45) is 0 Å². The fraction of sp³-hybridized carbons (Fsp3) is 0.286. The molecule has 0 aliphatic carbocycles. The molecular weight excluding hydrogens is 265 g/mol. The number of anilines is 1. The average molecular weight is 271 g/mol. The standard InChI is InChI=1S/C7H6BrClF2N2/c8-5-1-4(12)3(2-9)6(13-5)7(10)11/h1,7H,2H2,(H2,12,13). The van der Waals surface area contributed by atoms with Crippen molar-refractivity contribution >= 4 is 33.2 Å². The zero-order valence-electron chi connectivity index (χ0n) is 6.40. The van der Waals surface area contributed by atoms with E-state index in [-0.39, 0.29) is 27.4 Å². The van der Waals surface area contributed by atoms with Crippen molar-refractivity contribution in [3.05, 3.63) is 21.9 Å². The summed E-state index contributed by atoms with van der Waals surface area (Å²) in [5, 5.41) is 0. The number of halogens is 4. The Bertz CT molecular complexity index is 320. The highest BCUT2D eigenvalue weighted by atomic mass is 79.9. The van der Waals surface area contributed by atoms with E-state index in [1.54, 1.807) is 0 Å². The zero-order chi connectivity index (χ0) is 10.0. The molecule has 1 rings (SSSR count). The summed E-state index contributed by atoms with van der Waals surface area (Å²) in [5.41, 5.74) is 5.55. The summed E-state index contributed by atoms with van der Waals surface area (Å²) in [5.74, 6) is -0.0637. The SMILES string of the molecule is Nc1cc(Br)nc(C(F)F)c1CCl. The quantitative estimate of drug-likeness (QED) is 0.663. The van der Waals surface area contributed by atoms with E-state index in [0.29, 0.717) is 0 Å². The molecule has 0 spiro atoms. The van der Waals surface area contributed by atoms with Gasteiger partial charge in [0.1, 0.15) is 10.3 Å². The van der Waals surface area contributed by atoms with Gasteiger partial charge in [-0.05, 0) is 22.0 Å². The van der Waals surface area contributed by atoms with E-state index >= 15 is 0 Å². The maximum Gasteiger partial charge on any atom is 0.280 e. The lowest BCUT2D eigenvalue weighted by atomic mass is 10.2. The summed E-state index contributed by atoms with van der Waals surface area (Å²) in [7, 11) is 0. The van der Waals surface area contributed by atoms with Gasteiger partial charge in [-0.3, -0.25) is 0 Å². The lowest BCUT2D eigenvalue weighted by molar-refractivity contribution is 0.145. The molecule has 0 saturated heterocycles. The first-order chi connectivity index (χ1) is 6.06. The topological polar surface area (TPSA) is 38.9 Å². The number of hydrogen-bond donors (Lipinski definition) is 1. The average Bonchev–Trinajstić information content (AvgIpc) is 2.02. The Morgan fingerprint density at radius 1 is 1.62 bits per heavy atom. The zero-order valence-corrected chi connectivity index (χ0v) is 8.74. The van der Waals surface area contributed by atoms with Gasteiger partial charge in [0.2, 0.25) is 0 Å². The number of pyridine rings is 1. The number of rotatable bonds is 2. The summed E-state index contributed by atoms with van der Waals surface area (Å²) >= 11 is 8.44. The minimum Gasteiger partial charge on any atom is -0.398 e. The molecule has 0 aromatic carbocycles. The molecule has 6 heteroatoms. The number of hydrogen-bond acceptors (Lipinski definition) is 2. The first-order valence-electron chi connectivity index (χ1n) is 3.35.